The number of pyridine rings is 1. The van der Waals surface area contributed by atoms with Crippen molar-refractivity contribution in [2.45, 2.75) is 33.3 Å². The van der Waals surface area contributed by atoms with E-state index in [1.807, 2.05) is 25.7 Å². The third-order valence-electron chi connectivity index (χ3n) is 4.36. The maximum atomic E-state index is 12.6. The van der Waals surface area contributed by atoms with Gasteiger partial charge in [0.25, 0.3) is 0 Å². The second-order valence-electron chi connectivity index (χ2n) is 7.44. The molecule has 2 rings (SSSR count). The summed E-state index contributed by atoms with van der Waals surface area (Å²) >= 11 is 6.20. The number of ether oxygens (including phenoxy) is 1. The van der Waals surface area contributed by atoms with Gasteiger partial charge in [-0.15, -0.1) is 0 Å². The lowest BCUT2D eigenvalue weighted by atomic mass is 9.86. The summed E-state index contributed by atoms with van der Waals surface area (Å²) in [5.74, 6) is 0.597. The molecule has 26 heavy (non-hydrogen) atoms. The van der Waals surface area contributed by atoms with Crippen molar-refractivity contribution in [1.29, 1.82) is 0 Å². The first-order valence-corrected chi connectivity index (χ1v) is 8.85. The molecule has 0 saturated carbocycles. The third-order valence-corrected chi connectivity index (χ3v) is 4.64. The Kier molecular flexibility index (Phi) is 6.17. The Bertz CT molecular complexity index is 669. The van der Waals surface area contributed by atoms with Crippen LogP contribution in [0.4, 0.5) is 16.3 Å². The predicted octanol–water partition coefficient (Wildman–Crippen LogP) is 1.87. The van der Waals surface area contributed by atoms with Gasteiger partial charge >= 0.3 is 6.09 Å². The molecular weight excluding hydrogens is 358 g/mol. The van der Waals surface area contributed by atoms with Gasteiger partial charge in [0.05, 0.1) is 23.3 Å². The number of piperazine rings is 1. The average Bonchev–Trinajstić information content (AvgIpc) is 2.53. The zero-order valence-corrected chi connectivity index (χ0v) is 16.1. The Labute approximate surface area is 158 Å². The first-order valence-electron chi connectivity index (χ1n) is 8.47. The predicted molar refractivity (Wildman–Crippen MR) is 101 cm³/mol. The smallest absolute Gasteiger partial charge is 0.404 e. The second-order valence-corrected chi connectivity index (χ2v) is 7.84. The number of nitrogens with zero attached hydrogens (tertiary/aromatic N) is 3. The Morgan fingerprint density at radius 2 is 1.92 bits per heavy atom. The number of aromatic nitrogens is 1. The minimum atomic E-state index is -0.869. The number of anilines is 2. The van der Waals surface area contributed by atoms with E-state index in [4.69, 9.17) is 27.8 Å². The molecule has 1 aromatic heterocycles. The fourth-order valence-electron chi connectivity index (χ4n) is 2.80. The van der Waals surface area contributed by atoms with Crippen LogP contribution in [0.5, 0.6) is 0 Å². The lowest BCUT2D eigenvalue weighted by Crippen LogP contribution is -2.50. The molecule has 0 spiro atoms. The minimum absolute atomic E-state index is 0.0674. The van der Waals surface area contributed by atoms with E-state index in [0.29, 0.717) is 42.7 Å². The SMILES string of the molecule is CC(C)(C)C(CC(=O)N1CCN(c2ncc(N)cc2Cl)CC1)OC(N)=O. The van der Waals surface area contributed by atoms with Crippen LogP contribution in [0.3, 0.4) is 0 Å². The number of hydrogen-bond donors (Lipinski definition) is 2. The molecule has 1 aliphatic rings. The molecule has 1 aromatic rings. The second kappa shape index (κ2) is 7.99. The highest BCUT2D eigenvalue weighted by molar-refractivity contribution is 6.33. The van der Waals surface area contributed by atoms with Crippen LogP contribution in [0.15, 0.2) is 12.3 Å². The summed E-state index contributed by atoms with van der Waals surface area (Å²) in [5.41, 5.74) is 10.9. The van der Waals surface area contributed by atoms with E-state index in [1.54, 1.807) is 17.2 Å². The summed E-state index contributed by atoms with van der Waals surface area (Å²) in [6.45, 7) is 8.00. The van der Waals surface area contributed by atoms with Gasteiger partial charge < -0.3 is 26.0 Å². The van der Waals surface area contributed by atoms with Gasteiger partial charge in [-0.25, -0.2) is 9.78 Å². The molecule has 0 radical (unpaired) electrons. The van der Waals surface area contributed by atoms with Crippen LogP contribution in [-0.2, 0) is 9.53 Å². The zero-order valence-electron chi connectivity index (χ0n) is 15.4. The summed E-state index contributed by atoms with van der Waals surface area (Å²) < 4.78 is 5.14. The number of rotatable bonds is 4. The molecule has 1 atom stereocenters. The fraction of sp³-hybridized carbons (Fsp3) is 0.588. The van der Waals surface area contributed by atoms with Crippen LogP contribution in [0.2, 0.25) is 5.02 Å². The van der Waals surface area contributed by atoms with E-state index in [2.05, 4.69) is 4.98 Å². The molecule has 1 aliphatic heterocycles. The number of hydrogen-bond acceptors (Lipinski definition) is 6. The summed E-state index contributed by atoms with van der Waals surface area (Å²) in [7, 11) is 0. The molecule has 4 N–H and O–H groups in total. The van der Waals surface area contributed by atoms with Crippen molar-refractivity contribution in [3.63, 3.8) is 0 Å². The van der Waals surface area contributed by atoms with Crippen LogP contribution in [0, 0.1) is 5.41 Å². The van der Waals surface area contributed by atoms with Crippen molar-refractivity contribution >= 4 is 35.1 Å². The van der Waals surface area contributed by atoms with Gasteiger partial charge in [-0.1, -0.05) is 32.4 Å². The standard InChI is InChI=1S/C17H26ClN5O3/c1-17(2,3)13(26-16(20)25)9-14(24)22-4-6-23(7-5-22)15-12(18)8-11(19)10-21-15/h8,10,13H,4-7,9,19H2,1-3H3,(H2,20,25). The fourth-order valence-corrected chi connectivity index (χ4v) is 3.09. The summed E-state index contributed by atoms with van der Waals surface area (Å²) in [6.07, 6.45) is 0.228. The Morgan fingerprint density at radius 1 is 1.31 bits per heavy atom. The summed E-state index contributed by atoms with van der Waals surface area (Å²) in [5, 5.41) is 0.493. The first kappa shape index (κ1) is 20.1. The Balaban J connectivity index is 1.96. The molecule has 9 heteroatoms. The quantitative estimate of drug-likeness (QED) is 0.820. The zero-order chi connectivity index (χ0) is 19.5. The molecule has 144 valence electrons. The number of nitrogens with two attached hydrogens (primary N) is 2. The number of carbonyl (C=O) groups excluding carboxylic acids is 2. The average molecular weight is 384 g/mol. The maximum Gasteiger partial charge on any atom is 0.404 e. The van der Waals surface area contributed by atoms with Gasteiger partial charge in [0.15, 0.2) is 0 Å². The Hall–Kier alpha value is -2.22. The van der Waals surface area contributed by atoms with E-state index >= 15 is 0 Å². The highest BCUT2D eigenvalue weighted by atomic mass is 35.5. The lowest BCUT2D eigenvalue weighted by Gasteiger charge is -2.37. The van der Waals surface area contributed by atoms with Gasteiger partial charge in [-0.05, 0) is 11.5 Å². The van der Waals surface area contributed by atoms with Crippen molar-refractivity contribution < 1.29 is 14.3 Å². The van der Waals surface area contributed by atoms with Crippen molar-refractivity contribution in [1.82, 2.24) is 9.88 Å². The molecule has 2 amide bonds. The monoisotopic (exact) mass is 383 g/mol. The highest BCUT2D eigenvalue weighted by Gasteiger charge is 2.32. The maximum absolute atomic E-state index is 12.6. The molecule has 1 saturated heterocycles. The lowest BCUT2D eigenvalue weighted by molar-refractivity contribution is -0.135. The Morgan fingerprint density at radius 3 is 2.42 bits per heavy atom. The van der Waals surface area contributed by atoms with Crippen molar-refractivity contribution in [2.75, 3.05) is 36.8 Å². The third kappa shape index (κ3) is 5.14. The van der Waals surface area contributed by atoms with Crippen LogP contribution in [-0.4, -0.2) is 54.2 Å². The van der Waals surface area contributed by atoms with Crippen molar-refractivity contribution in [3.8, 4) is 0 Å². The van der Waals surface area contributed by atoms with Gasteiger partial charge in [0, 0.05) is 26.2 Å². The molecule has 8 nitrogen and oxygen atoms in total. The first-order chi connectivity index (χ1) is 12.1. The molecule has 1 unspecified atom stereocenters. The van der Waals surface area contributed by atoms with Crippen LogP contribution in [0.1, 0.15) is 27.2 Å². The van der Waals surface area contributed by atoms with Gasteiger partial charge in [-0.3, -0.25) is 4.79 Å². The highest BCUT2D eigenvalue weighted by Crippen LogP contribution is 2.28. The van der Waals surface area contributed by atoms with E-state index in [-0.39, 0.29) is 17.7 Å². The van der Waals surface area contributed by atoms with E-state index in [9.17, 15) is 9.59 Å². The van der Waals surface area contributed by atoms with Gasteiger partial charge in [-0.2, -0.15) is 0 Å². The minimum Gasteiger partial charge on any atom is -0.445 e. The number of nitrogen functional groups attached to an aromatic ring is 1. The van der Waals surface area contributed by atoms with E-state index in [1.165, 1.54) is 0 Å². The summed E-state index contributed by atoms with van der Waals surface area (Å²) in [4.78, 5) is 31.8. The van der Waals surface area contributed by atoms with Crippen molar-refractivity contribution in [3.05, 3.63) is 17.3 Å². The van der Waals surface area contributed by atoms with Crippen LogP contribution < -0.4 is 16.4 Å². The number of carbonyl (C=O) groups is 2. The van der Waals surface area contributed by atoms with E-state index < -0.39 is 12.2 Å². The van der Waals surface area contributed by atoms with Gasteiger partial charge in [0.1, 0.15) is 11.9 Å². The van der Waals surface area contributed by atoms with Crippen molar-refractivity contribution in [2.24, 2.45) is 11.1 Å². The number of amides is 2. The summed E-state index contributed by atoms with van der Waals surface area (Å²) in [6, 6.07) is 1.66. The number of halogens is 1. The van der Waals surface area contributed by atoms with Crippen LogP contribution >= 0.6 is 11.6 Å². The largest absolute Gasteiger partial charge is 0.445 e. The number of primary amides is 1. The normalized spacial score (nSPS) is 16.3. The molecule has 1 fully saturated rings. The molecule has 2 heterocycles. The topological polar surface area (TPSA) is 115 Å². The molecule has 0 bridgehead atoms. The van der Waals surface area contributed by atoms with Gasteiger partial charge in [0.2, 0.25) is 5.91 Å². The molecule has 0 aliphatic carbocycles. The molecule has 0 aromatic carbocycles. The molecular formula is C17H26ClN5O3. The van der Waals surface area contributed by atoms with E-state index in [0.717, 1.165) is 0 Å². The van der Waals surface area contributed by atoms with Crippen LogP contribution in [0.25, 0.3) is 0 Å².